The lowest BCUT2D eigenvalue weighted by molar-refractivity contribution is -0.122. The summed E-state index contributed by atoms with van der Waals surface area (Å²) in [6, 6.07) is 10.6. The fourth-order valence-corrected chi connectivity index (χ4v) is 5.62. The quantitative estimate of drug-likeness (QED) is 0.557. The number of aromatic nitrogens is 1. The van der Waals surface area contributed by atoms with Gasteiger partial charge >= 0.3 is 5.76 Å². The molecule has 0 saturated heterocycles. The van der Waals surface area contributed by atoms with Crippen molar-refractivity contribution in [1.82, 2.24) is 4.57 Å². The maximum absolute atomic E-state index is 13.7. The molecule has 1 aromatic heterocycles. The number of carbonyl (C=O) groups is 1. The van der Waals surface area contributed by atoms with Gasteiger partial charge in [0, 0.05) is 19.0 Å². The van der Waals surface area contributed by atoms with Crippen molar-refractivity contribution >= 4 is 32.7 Å². The van der Waals surface area contributed by atoms with Gasteiger partial charge in [-0.1, -0.05) is 19.3 Å². The molecule has 0 aliphatic heterocycles. The fraction of sp³-hybridized carbons (Fsp3) is 0.391. The molecule has 2 aromatic carbocycles. The molecule has 1 aliphatic carbocycles. The van der Waals surface area contributed by atoms with Gasteiger partial charge in [0.1, 0.15) is 5.75 Å². The zero-order valence-electron chi connectivity index (χ0n) is 18.1. The van der Waals surface area contributed by atoms with Gasteiger partial charge in [0.05, 0.1) is 22.7 Å². The van der Waals surface area contributed by atoms with Crippen molar-refractivity contribution in [2.75, 3.05) is 10.9 Å². The number of hydrogen-bond donors (Lipinski definition) is 0. The van der Waals surface area contributed by atoms with E-state index < -0.39 is 21.7 Å². The molecule has 1 fully saturated rings. The molecule has 0 N–H and O–H groups in total. The highest BCUT2D eigenvalue weighted by molar-refractivity contribution is 7.93. The lowest BCUT2D eigenvalue weighted by Gasteiger charge is -2.29. The number of hydrogen-bond acceptors (Lipinski definition) is 6. The van der Waals surface area contributed by atoms with Crippen LogP contribution in [-0.2, 0) is 21.9 Å². The molecule has 9 heteroatoms. The summed E-state index contributed by atoms with van der Waals surface area (Å²) in [5.74, 6) is -0.797. The molecule has 1 aliphatic rings. The SMILES string of the molecule is CCOc1ccc(N(C(=O)C2CCCCC2)S(=O)(=O)c2ccc3c(c2)oc(=O)n3C)cc1. The molecule has 32 heavy (non-hydrogen) atoms. The molecule has 0 radical (unpaired) electrons. The van der Waals surface area contributed by atoms with E-state index in [-0.39, 0.29) is 22.1 Å². The predicted octanol–water partition coefficient (Wildman–Crippen LogP) is 3.83. The molecule has 0 atom stereocenters. The molecule has 4 rings (SSSR count). The summed E-state index contributed by atoms with van der Waals surface area (Å²) in [5.41, 5.74) is 0.870. The second-order valence-electron chi connectivity index (χ2n) is 7.93. The van der Waals surface area contributed by atoms with Gasteiger partial charge in [0.15, 0.2) is 5.58 Å². The Morgan fingerprint density at radius 2 is 1.81 bits per heavy atom. The number of carbonyl (C=O) groups excluding carboxylic acids is 1. The van der Waals surface area contributed by atoms with Crippen LogP contribution < -0.4 is 14.8 Å². The first-order valence-corrected chi connectivity index (χ1v) is 12.2. The van der Waals surface area contributed by atoms with Crippen LogP contribution in [0.1, 0.15) is 39.0 Å². The van der Waals surface area contributed by atoms with Gasteiger partial charge < -0.3 is 9.15 Å². The Balaban J connectivity index is 1.80. The Morgan fingerprint density at radius 3 is 2.47 bits per heavy atom. The van der Waals surface area contributed by atoms with Gasteiger partial charge in [-0.25, -0.2) is 17.5 Å². The van der Waals surface area contributed by atoms with Gasteiger partial charge in [-0.3, -0.25) is 9.36 Å². The summed E-state index contributed by atoms with van der Waals surface area (Å²) >= 11 is 0. The number of aryl methyl sites for hydroxylation is 1. The number of benzene rings is 2. The van der Waals surface area contributed by atoms with Crippen LogP contribution >= 0.6 is 0 Å². The number of rotatable bonds is 6. The van der Waals surface area contributed by atoms with Crippen molar-refractivity contribution < 1.29 is 22.4 Å². The number of amides is 1. The molecule has 0 spiro atoms. The molecule has 1 heterocycles. The van der Waals surface area contributed by atoms with Gasteiger partial charge in [0.2, 0.25) is 5.91 Å². The molecule has 0 bridgehead atoms. The minimum absolute atomic E-state index is 0.114. The van der Waals surface area contributed by atoms with Crippen molar-refractivity contribution in [3.8, 4) is 5.75 Å². The van der Waals surface area contributed by atoms with Gasteiger partial charge in [-0.2, -0.15) is 0 Å². The van der Waals surface area contributed by atoms with Crippen molar-refractivity contribution in [1.29, 1.82) is 0 Å². The second-order valence-corrected chi connectivity index (χ2v) is 9.71. The van der Waals surface area contributed by atoms with E-state index in [1.165, 1.54) is 22.8 Å². The monoisotopic (exact) mass is 458 g/mol. The van der Waals surface area contributed by atoms with E-state index in [0.717, 1.165) is 23.6 Å². The average molecular weight is 459 g/mol. The van der Waals surface area contributed by atoms with E-state index in [2.05, 4.69) is 0 Å². The van der Waals surface area contributed by atoms with Crippen LogP contribution in [0, 0.1) is 5.92 Å². The number of sulfonamides is 1. The highest BCUT2D eigenvalue weighted by Gasteiger charge is 2.36. The van der Waals surface area contributed by atoms with E-state index in [1.807, 2.05) is 6.92 Å². The van der Waals surface area contributed by atoms with Crippen LogP contribution in [0.2, 0.25) is 0 Å². The number of fused-ring (bicyclic) bond motifs is 1. The van der Waals surface area contributed by atoms with Crippen LogP contribution in [0.4, 0.5) is 5.69 Å². The minimum Gasteiger partial charge on any atom is -0.494 e. The Labute approximate surface area is 186 Å². The van der Waals surface area contributed by atoms with E-state index in [4.69, 9.17) is 9.15 Å². The Kier molecular flexibility index (Phi) is 6.10. The smallest absolute Gasteiger partial charge is 0.419 e. The molecule has 0 unspecified atom stereocenters. The van der Waals surface area contributed by atoms with Crippen molar-refractivity contribution in [3.63, 3.8) is 0 Å². The summed E-state index contributed by atoms with van der Waals surface area (Å²) in [7, 11) is -2.71. The Bertz CT molecular complexity index is 1280. The highest BCUT2D eigenvalue weighted by atomic mass is 32.2. The summed E-state index contributed by atoms with van der Waals surface area (Å²) in [5, 5.41) is 0. The second kappa shape index (κ2) is 8.82. The normalized spacial score (nSPS) is 15.1. The van der Waals surface area contributed by atoms with Crippen LogP contribution in [-0.4, -0.2) is 25.5 Å². The highest BCUT2D eigenvalue weighted by Crippen LogP contribution is 2.33. The molecular formula is C23H26N2O6S. The van der Waals surface area contributed by atoms with E-state index in [9.17, 15) is 18.0 Å². The fourth-order valence-electron chi connectivity index (χ4n) is 4.12. The van der Waals surface area contributed by atoms with Gasteiger partial charge in [0.25, 0.3) is 10.0 Å². The Hall–Kier alpha value is -3.07. The zero-order valence-corrected chi connectivity index (χ0v) is 18.9. The molecule has 8 nitrogen and oxygen atoms in total. The van der Waals surface area contributed by atoms with E-state index in [1.54, 1.807) is 31.3 Å². The minimum atomic E-state index is -4.25. The standard InChI is InChI=1S/C23H26N2O6S/c1-3-30-18-11-9-17(10-12-18)25(22(26)16-7-5-4-6-8-16)32(28,29)19-13-14-20-21(15-19)31-23(27)24(20)2/h9-16H,3-8H2,1-2H3. The molecular weight excluding hydrogens is 432 g/mol. The van der Waals surface area contributed by atoms with Crippen molar-refractivity contribution in [2.24, 2.45) is 13.0 Å². The van der Waals surface area contributed by atoms with Gasteiger partial charge in [-0.15, -0.1) is 0 Å². The maximum Gasteiger partial charge on any atom is 0.419 e. The summed E-state index contributed by atoms with van der Waals surface area (Å²) in [4.78, 5) is 25.2. The zero-order chi connectivity index (χ0) is 22.9. The third-order valence-electron chi connectivity index (χ3n) is 5.84. The number of ether oxygens (including phenoxy) is 1. The number of nitrogens with zero attached hydrogens (tertiary/aromatic N) is 2. The Morgan fingerprint density at radius 1 is 1.12 bits per heavy atom. The van der Waals surface area contributed by atoms with Crippen molar-refractivity contribution in [3.05, 3.63) is 53.0 Å². The summed E-state index contributed by atoms with van der Waals surface area (Å²) in [6.45, 7) is 2.33. The lowest BCUT2D eigenvalue weighted by atomic mass is 9.88. The van der Waals surface area contributed by atoms with E-state index in [0.29, 0.717) is 30.7 Å². The van der Waals surface area contributed by atoms with E-state index >= 15 is 0 Å². The first kappa shape index (κ1) is 22.1. The summed E-state index contributed by atoms with van der Waals surface area (Å²) in [6.07, 6.45) is 4.16. The molecule has 1 saturated carbocycles. The molecule has 170 valence electrons. The topological polar surface area (TPSA) is 98.8 Å². The molecule has 3 aromatic rings. The maximum atomic E-state index is 13.7. The average Bonchev–Trinajstić information content (AvgIpc) is 3.08. The van der Waals surface area contributed by atoms with Crippen LogP contribution in [0.3, 0.4) is 0 Å². The van der Waals surface area contributed by atoms with Crippen LogP contribution in [0.5, 0.6) is 5.75 Å². The van der Waals surface area contributed by atoms with Crippen molar-refractivity contribution in [2.45, 2.75) is 43.9 Å². The summed E-state index contributed by atoms with van der Waals surface area (Å²) < 4.78 is 40.2. The number of oxazole rings is 1. The van der Waals surface area contributed by atoms with Crippen LogP contribution in [0.25, 0.3) is 11.1 Å². The predicted molar refractivity (Wildman–Crippen MR) is 120 cm³/mol. The third kappa shape index (κ3) is 4.04. The first-order chi connectivity index (χ1) is 15.3. The van der Waals surface area contributed by atoms with Crippen LogP contribution in [0.15, 0.2) is 56.6 Å². The largest absolute Gasteiger partial charge is 0.494 e. The third-order valence-corrected chi connectivity index (χ3v) is 7.56. The number of anilines is 1. The molecule has 1 amide bonds. The lowest BCUT2D eigenvalue weighted by Crippen LogP contribution is -2.41. The first-order valence-electron chi connectivity index (χ1n) is 10.7. The van der Waals surface area contributed by atoms with Gasteiger partial charge in [-0.05, 0) is 56.2 Å².